The number of aliphatic imine (C=N–C) groups is 1. The Kier molecular flexibility index (Phi) is 5.85. The summed E-state index contributed by atoms with van der Waals surface area (Å²) in [6, 6.07) is 16.3. The summed E-state index contributed by atoms with van der Waals surface area (Å²) in [6.45, 7) is 0.349. The highest BCUT2D eigenvalue weighted by Gasteiger charge is 2.22. The lowest BCUT2D eigenvalue weighted by molar-refractivity contribution is 0.240. The van der Waals surface area contributed by atoms with Crippen LogP contribution in [0.2, 0.25) is 5.02 Å². The van der Waals surface area contributed by atoms with E-state index in [9.17, 15) is 4.79 Å². The Hall–Kier alpha value is -3.85. The molecule has 0 bridgehead atoms. The molecule has 10 heteroatoms. The second-order valence-corrected chi connectivity index (χ2v) is 7.37. The quantitative estimate of drug-likeness (QED) is 0.381. The SMILES string of the molecule is CN(C)C=Nc1nnnc2c1c(-c1ccc(Cl)cc1)nn2C(=O)NCc1ccccc1. The molecular weight excluding hydrogens is 416 g/mol. The van der Waals surface area contributed by atoms with Gasteiger partial charge in [0, 0.05) is 31.2 Å². The lowest BCUT2D eigenvalue weighted by atomic mass is 10.1. The molecule has 0 aliphatic heterocycles. The molecule has 4 aromatic rings. The van der Waals surface area contributed by atoms with E-state index < -0.39 is 6.03 Å². The fraction of sp³-hybridized carbons (Fsp3) is 0.143. The molecule has 0 radical (unpaired) electrons. The second-order valence-electron chi connectivity index (χ2n) is 6.93. The number of rotatable bonds is 5. The maximum Gasteiger partial charge on any atom is 0.344 e. The largest absolute Gasteiger partial charge is 0.369 e. The van der Waals surface area contributed by atoms with Crippen LogP contribution >= 0.6 is 11.6 Å². The van der Waals surface area contributed by atoms with Crippen LogP contribution in [-0.4, -0.2) is 56.6 Å². The third-order valence-corrected chi connectivity index (χ3v) is 4.62. The van der Waals surface area contributed by atoms with Gasteiger partial charge in [0.2, 0.25) is 0 Å². The number of halogens is 1. The third kappa shape index (κ3) is 4.51. The molecule has 1 amide bonds. The van der Waals surface area contributed by atoms with Crippen LogP contribution in [0.3, 0.4) is 0 Å². The molecule has 0 unspecified atom stereocenters. The standard InChI is InChI=1S/C21H19ClN8O/c1-29(2)13-24-19-17-18(15-8-10-16(22)11-9-15)27-30(20(17)26-28-25-19)21(31)23-12-14-6-4-3-5-7-14/h3-11,13H,12H2,1-2H3,(H,23,31). The van der Waals surface area contributed by atoms with Crippen LogP contribution in [0, 0.1) is 0 Å². The first-order chi connectivity index (χ1) is 15.0. The maximum atomic E-state index is 12.9. The molecule has 2 heterocycles. The van der Waals surface area contributed by atoms with Crippen molar-refractivity contribution in [3.8, 4) is 11.3 Å². The van der Waals surface area contributed by atoms with Crippen molar-refractivity contribution >= 4 is 40.8 Å². The number of fused-ring (bicyclic) bond motifs is 1. The van der Waals surface area contributed by atoms with Gasteiger partial charge in [0.15, 0.2) is 11.5 Å². The van der Waals surface area contributed by atoms with Crippen molar-refractivity contribution in [3.05, 3.63) is 65.2 Å². The summed E-state index contributed by atoms with van der Waals surface area (Å²) in [6.07, 6.45) is 1.60. The van der Waals surface area contributed by atoms with Gasteiger partial charge >= 0.3 is 6.03 Å². The number of nitrogens with zero attached hydrogens (tertiary/aromatic N) is 7. The molecule has 0 fully saturated rings. The van der Waals surface area contributed by atoms with E-state index in [4.69, 9.17) is 11.6 Å². The van der Waals surface area contributed by atoms with Gasteiger partial charge in [0.05, 0.1) is 11.7 Å². The van der Waals surface area contributed by atoms with Crippen molar-refractivity contribution in [2.24, 2.45) is 4.99 Å². The van der Waals surface area contributed by atoms with Crippen LogP contribution in [-0.2, 0) is 6.54 Å². The fourth-order valence-corrected chi connectivity index (χ4v) is 3.05. The predicted octanol–water partition coefficient (Wildman–Crippen LogP) is 3.52. The van der Waals surface area contributed by atoms with Crippen LogP contribution in [0.15, 0.2) is 59.6 Å². The van der Waals surface area contributed by atoms with Crippen molar-refractivity contribution in [3.63, 3.8) is 0 Å². The zero-order valence-corrected chi connectivity index (χ0v) is 17.7. The molecule has 0 saturated carbocycles. The zero-order chi connectivity index (χ0) is 21.8. The Labute approximate surface area is 183 Å². The molecule has 31 heavy (non-hydrogen) atoms. The van der Waals surface area contributed by atoms with E-state index in [1.54, 1.807) is 23.4 Å². The van der Waals surface area contributed by atoms with E-state index >= 15 is 0 Å². The Bertz CT molecular complexity index is 1240. The summed E-state index contributed by atoms with van der Waals surface area (Å²) in [4.78, 5) is 19.1. The Balaban J connectivity index is 1.79. The van der Waals surface area contributed by atoms with Gasteiger partial charge in [-0.1, -0.05) is 54.1 Å². The summed E-state index contributed by atoms with van der Waals surface area (Å²) < 4.78 is 1.19. The molecule has 0 atom stereocenters. The first-order valence-corrected chi connectivity index (χ1v) is 9.81. The smallest absolute Gasteiger partial charge is 0.344 e. The molecular formula is C21H19ClN8O. The molecule has 0 aliphatic rings. The van der Waals surface area contributed by atoms with Crippen molar-refractivity contribution in [2.45, 2.75) is 6.54 Å². The Morgan fingerprint density at radius 1 is 1.13 bits per heavy atom. The summed E-state index contributed by atoms with van der Waals surface area (Å²) in [7, 11) is 3.69. The van der Waals surface area contributed by atoms with Crippen molar-refractivity contribution in [2.75, 3.05) is 14.1 Å². The predicted molar refractivity (Wildman–Crippen MR) is 119 cm³/mol. The number of hydrogen-bond donors (Lipinski definition) is 1. The number of amides is 1. The summed E-state index contributed by atoms with van der Waals surface area (Å²) in [5, 5.41) is 20.4. The van der Waals surface area contributed by atoms with E-state index in [0.717, 1.165) is 11.1 Å². The van der Waals surface area contributed by atoms with Crippen LogP contribution in [0.25, 0.3) is 22.3 Å². The molecule has 156 valence electrons. The number of aromatic nitrogens is 5. The highest BCUT2D eigenvalue weighted by molar-refractivity contribution is 6.30. The van der Waals surface area contributed by atoms with Gasteiger partial charge in [-0.05, 0) is 22.9 Å². The minimum absolute atomic E-state index is 0.261. The summed E-state index contributed by atoms with van der Waals surface area (Å²) >= 11 is 6.03. The molecule has 0 saturated heterocycles. The lowest BCUT2D eigenvalue weighted by Gasteiger charge is -2.05. The minimum atomic E-state index is -0.433. The lowest BCUT2D eigenvalue weighted by Crippen LogP contribution is -2.29. The normalized spacial score (nSPS) is 11.2. The van der Waals surface area contributed by atoms with Gasteiger partial charge < -0.3 is 10.2 Å². The van der Waals surface area contributed by atoms with E-state index in [-0.39, 0.29) is 5.65 Å². The van der Waals surface area contributed by atoms with E-state index in [1.165, 1.54) is 4.68 Å². The van der Waals surface area contributed by atoms with E-state index in [1.807, 2.05) is 56.6 Å². The van der Waals surface area contributed by atoms with Crippen LogP contribution in [0.1, 0.15) is 5.56 Å². The van der Waals surface area contributed by atoms with E-state index in [0.29, 0.717) is 28.5 Å². The summed E-state index contributed by atoms with van der Waals surface area (Å²) in [5.74, 6) is 0.311. The van der Waals surface area contributed by atoms with Crippen molar-refractivity contribution < 1.29 is 4.79 Å². The van der Waals surface area contributed by atoms with Crippen LogP contribution in [0.5, 0.6) is 0 Å². The number of hydrogen-bond acceptors (Lipinski definition) is 6. The molecule has 0 aliphatic carbocycles. The maximum absolute atomic E-state index is 12.9. The fourth-order valence-electron chi connectivity index (χ4n) is 2.92. The Morgan fingerprint density at radius 2 is 1.87 bits per heavy atom. The van der Waals surface area contributed by atoms with Crippen LogP contribution in [0.4, 0.5) is 10.6 Å². The van der Waals surface area contributed by atoms with Crippen molar-refractivity contribution in [1.29, 1.82) is 0 Å². The van der Waals surface area contributed by atoms with Gasteiger partial charge in [0.25, 0.3) is 0 Å². The minimum Gasteiger partial charge on any atom is -0.369 e. The zero-order valence-electron chi connectivity index (χ0n) is 16.9. The van der Waals surface area contributed by atoms with Gasteiger partial charge in [-0.15, -0.1) is 10.2 Å². The monoisotopic (exact) mass is 434 g/mol. The van der Waals surface area contributed by atoms with Crippen molar-refractivity contribution in [1.82, 2.24) is 35.4 Å². The first-order valence-electron chi connectivity index (χ1n) is 9.43. The number of benzene rings is 2. The Morgan fingerprint density at radius 3 is 2.58 bits per heavy atom. The van der Waals surface area contributed by atoms with Crippen LogP contribution < -0.4 is 5.32 Å². The first kappa shape index (κ1) is 20.4. The molecule has 4 rings (SSSR count). The average molecular weight is 435 g/mol. The topological polar surface area (TPSA) is 101 Å². The van der Waals surface area contributed by atoms with E-state index in [2.05, 4.69) is 30.8 Å². The highest BCUT2D eigenvalue weighted by Crippen LogP contribution is 2.32. The van der Waals surface area contributed by atoms with Gasteiger partial charge in [-0.25, -0.2) is 9.79 Å². The average Bonchev–Trinajstić information content (AvgIpc) is 3.18. The molecule has 0 spiro atoms. The van der Waals surface area contributed by atoms with Gasteiger partial charge in [0.1, 0.15) is 5.69 Å². The highest BCUT2D eigenvalue weighted by atomic mass is 35.5. The van der Waals surface area contributed by atoms with Gasteiger partial charge in [-0.3, -0.25) is 0 Å². The molecule has 2 aromatic heterocycles. The molecule has 1 N–H and O–H groups in total. The number of carbonyl (C=O) groups is 1. The number of nitrogens with one attached hydrogen (secondary N) is 1. The third-order valence-electron chi connectivity index (χ3n) is 4.37. The summed E-state index contributed by atoms with van der Waals surface area (Å²) in [5.41, 5.74) is 2.49. The molecule has 2 aromatic carbocycles. The number of carbonyl (C=O) groups excluding carboxylic acids is 1. The second kappa shape index (κ2) is 8.88. The van der Waals surface area contributed by atoms with Gasteiger partial charge in [-0.2, -0.15) is 9.78 Å². The molecule has 9 nitrogen and oxygen atoms in total.